The average molecular weight is 246 g/mol. The fourth-order valence-electron chi connectivity index (χ4n) is 2.62. The lowest BCUT2D eigenvalue weighted by molar-refractivity contribution is 0.0923. The molecule has 0 bridgehead atoms. The van der Waals surface area contributed by atoms with Crippen LogP contribution >= 0.6 is 0 Å². The lowest BCUT2D eigenvalue weighted by Gasteiger charge is -2.27. The average Bonchev–Trinajstić information content (AvgIpc) is 2.31. The summed E-state index contributed by atoms with van der Waals surface area (Å²) in [5.74, 6) is 0.803. The Labute approximate surface area is 109 Å². The number of hydrogen-bond donors (Lipinski definition) is 2. The predicted octanol–water partition coefficient (Wildman–Crippen LogP) is 2.89. The van der Waals surface area contributed by atoms with Crippen molar-refractivity contribution < 1.29 is 4.79 Å². The third kappa shape index (κ3) is 3.25. The molecule has 1 fully saturated rings. The van der Waals surface area contributed by atoms with E-state index < -0.39 is 0 Å². The van der Waals surface area contributed by atoms with Gasteiger partial charge in [-0.1, -0.05) is 6.92 Å². The Morgan fingerprint density at radius 1 is 1.22 bits per heavy atom. The number of nitrogens with one attached hydrogen (secondary N) is 1. The van der Waals surface area contributed by atoms with E-state index in [4.69, 9.17) is 5.73 Å². The fourth-order valence-corrected chi connectivity index (χ4v) is 2.62. The van der Waals surface area contributed by atoms with Crippen molar-refractivity contribution in [3.05, 3.63) is 29.3 Å². The molecule has 0 spiro atoms. The van der Waals surface area contributed by atoms with Gasteiger partial charge in [0.05, 0.1) is 0 Å². The molecule has 0 atom stereocenters. The Hall–Kier alpha value is -1.51. The van der Waals surface area contributed by atoms with Gasteiger partial charge in [-0.2, -0.15) is 0 Å². The third-order valence-corrected chi connectivity index (χ3v) is 3.71. The van der Waals surface area contributed by atoms with Gasteiger partial charge < -0.3 is 11.1 Å². The van der Waals surface area contributed by atoms with Crippen LogP contribution in [0.4, 0.5) is 5.69 Å². The molecule has 1 aromatic carbocycles. The minimum atomic E-state index is 0.00459. The van der Waals surface area contributed by atoms with Gasteiger partial charge in [0, 0.05) is 17.3 Å². The van der Waals surface area contributed by atoms with Crippen LogP contribution in [0.1, 0.15) is 48.5 Å². The molecule has 0 aromatic heterocycles. The Bertz CT molecular complexity index is 414. The van der Waals surface area contributed by atoms with Crippen LogP contribution in [0.2, 0.25) is 0 Å². The summed E-state index contributed by atoms with van der Waals surface area (Å²) in [7, 11) is 0. The van der Waals surface area contributed by atoms with E-state index >= 15 is 0 Å². The third-order valence-electron chi connectivity index (χ3n) is 3.71. The summed E-state index contributed by atoms with van der Waals surface area (Å²) in [4.78, 5) is 12.1. The maximum absolute atomic E-state index is 12.1. The monoisotopic (exact) mass is 246 g/mol. The zero-order chi connectivity index (χ0) is 13.1. The fraction of sp³-hybridized carbons (Fsp3) is 0.533. The number of nitrogens with two attached hydrogens (primary N) is 1. The molecule has 18 heavy (non-hydrogen) atoms. The van der Waals surface area contributed by atoms with Crippen molar-refractivity contribution in [2.45, 2.75) is 45.6 Å². The van der Waals surface area contributed by atoms with Crippen LogP contribution < -0.4 is 11.1 Å². The Balaban J connectivity index is 1.99. The van der Waals surface area contributed by atoms with Gasteiger partial charge in [-0.05, 0) is 62.3 Å². The molecule has 1 amide bonds. The minimum absolute atomic E-state index is 0.00459. The van der Waals surface area contributed by atoms with Crippen LogP contribution in [-0.4, -0.2) is 11.9 Å². The van der Waals surface area contributed by atoms with E-state index in [9.17, 15) is 4.79 Å². The molecular weight excluding hydrogens is 224 g/mol. The van der Waals surface area contributed by atoms with Gasteiger partial charge in [-0.25, -0.2) is 0 Å². The number of nitrogen functional groups attached to an aromatic ring is 1. The first-order chi connectivity index (χ1) is 8.54. The topological polar surface area (TPSA) is 55.1 Å². The van der Waals surface area contributed by atoms with Gasteiger partial charge in [0.1, 0.15) is 0 Å². The first-order valence-corrected chi connectivity index (χ1v) is 6.72. The quantitative estimate of drug-likeness (QED) is 0.788. The predicted molar refractivity (Wildman–Crippen MR) is 74.5 cm³/mol. The van der Waals surface area contributed by atoms with Crippen LogP contribution in [-0.2, 0) is 0 Å². The summed E-state index contributed by atoms with van der Waals surface area (Å²) in [5, 5.41) is 3.12. The number of amides is 1. The van der Waals surface area contributed by atoms with E-state index in [2.05, 4.69) is 12.2 Å². The second kappa shape index (κ2) is 5.42. The zero-order valence-corrected chi connectivity index (χ0v) is 11.2. The number of hydrogen-bond acceptors (Lipinski definition) is 2. The highest BCUT2D eigenvalue weighted by Gasteiger charge is 2.20. The highest BCUT2D eigenvalue weighted by molar-refractivity contribution is 5.95. The van der Waals surface area contributed by atoms with Crippen LogP contribution in [0.3, 0.4) is 0 Å². The molecule has 0 unspecified atom stereocenters. The molecule has 1 saturated carbocycles. The van der Waals surface area contributed by atoms with Crippen LogP contribution in [0.5, 0.6) is 0 Å². The Morgan fingerprint density at radius 2 is 1.89 bits per heavy atom. The van der Waals surface area contributed by atoms with Crippen molar-refractivity contribution in [3.8, 4) is 0 Å². The number of benzene rings is 1. The molecule has 1 aromatic rings. The SMILES string of the molecule is Cc1cc(N)cc(C(=O)NC2CCC(C)CC2)c1. The molecule has 3 nitrogen and oxygen atoms in total. The van der Waals surface area contributed by atoms with E-state index in [0.29, 0.717) is 17.3 Å². The molecule has 2 rings (SSSR count). The Morgan fingerprint density at radius 3 is 2.50 bits per heavy atom. The zero-order valence-electron chi connectivity index (χ0n) is 11.2. The second-order valence-corrected chi connectivity index (χ2v) is 5.56. The lowest BCUT2D eigenvalue weighted by Crippen LogP contribution is -2.37. The number of anilines is 1. The normalized spacial score (nSPS) is 23.7. The van der Waals surface area contributed by atoms with Gasteiger partial charge in [0.15, 0.2) is 0 Å². The van der Waals surface area contributed by atoms with E-state index in [1.54, 1.807) is 6.07 Å². The van der Waals surface area contributed by atoms with E-state index in [1.165, 1.54) is 12.8 Å². The molecule has 1 aliphatic rings. The summed E-state index contributed by atoms with van der Waals surface area (Å²) < 4.78 is 0. The maximum Gasteiger partial charge on any atom is 0.251 e. The van der Waals surface area contributed by atoms with Crippen molar-refractivity contribution >= 4 is 11.6 Å². The number of carbonyl (C=O) groups excluding carboxylic acids is 1. The van der Waals surface area contributed by atoms with Gasteiger partial charge >= 0.3 is 0 Å². The number of carbonyl (C=O) groups is 1. The maximum atomic E-state index is 12.1. The number of rotatable bonds is 2. The van der Waals surface area contributed by atoms with Crippen molar-refractivity contribution in [2.75, 3.05) is 5.73 Å². The summed E-state index contributed by atoms with van der Waals surface area (Å²) in [5.41, 5.74) is 8.12. The van der Waals surface area contributed by atoms with Gasteiger partial charge in [0.2, 0.25) is 0 Å². The standard InChI is InChI=1S/C15H22N2O/c1-10-3-5-14(6-4-10)17-15(18)12-7-11(2)8-13(16)9-12/h7-10,14H,3-6,16H2,1-2H3,(H,17,18). The van der Waals surface area contributed by atoms with Crippen LogP contribution in [0.15, 0.2) is 18.2 Å². The van der Waals surface area contributed by atoms with Crippen molar-refractivity contribution in [2.24, 2.45) is 5.92 Å². The van der Waals surface area contributed by atoms with Crippen molar-refractivity contribution in [1.82, 2.24) is 5.32 Å². The highest BCUT2D eigenvalue weighted by Crippen LogP contribution is 2.23. The first-order valence-electron chi connectivity index (χ1n) is 6.72. The largest absolute Gasteiger partial charge is 0.399 e. The molecular formula is C15H22N2O. The summed E-state index contributed by atoms with van der Waals surface area (Å²) in [6.07, 6.45) is 4.60. The molecule has 3 N–H and O–H groups in total. The molecule has 1 aliphatic carbocycles. The number of aryl methyl sites for hydroxylation is 1. The molecule has 3 heteroatoms. The van der Waals surface area contributed by atoms with Crippen molar-refractivity contribution in [1.29, 1.82) is 0 Å². The molecule has 0 aliphatic heterocycles. The minimum Gasteiger partial charge on any atom is -0.399 e. The summed E-state index contributed by atoms with van der Waals surface area (Å²) in [6.45, 7) is 4.23. The van der Waals surface area contributed by atoms with E-state index in [1.807, 2.05) is 19.1 Å². The second-order valence-electron chi connectivity index (χ2n) is 5.56. The molecule has 0 heterocycles. The van der Waals surface area contributed by atoms with Gasteiger partial charge in [0.25, 0.3) is 5.91 Å². The molecule has 0 saturated heterocycles. The smallest absolute Gasteiger partial charge is 0.251 e. The van der Waals surface area contributed by atoms with Crippen LogP contribution in [0, 0.1) is 12.8 Å². The summed E-state index contributed by atoms with van der Waals surface area (Å²) in [6, 6.07) is 5.83. The highest BCUT2D eigenvalue weighted by atomic mass is 16.1. The van der Waals surface area contributed by atoms with Gasteiger partial charge in [-0.3, -0.25) is 4.79 Å². The molecule has 0 radical (unpaired) electrons. The van der Waals surface area contributed by atoms with Crippen LogP contribution in [0.25, 0.3) is 0 Å². The van der Waals surface area contributed by atoms with E-state index in [0.717, 1.165) is 24.3 Å². The molecule has 98 valence electrons. The van der Waals surface area contributed by atoms with Gasteiger partial charge in [-0.15, -0.1) is 0 Å². The lowest BCUT2D eigenvalue weighted by atomic mass is 9.87. The Kier molecular flexibility index (Phi) is 3.90. The summed E-state index contributed by atoms with van der Waals surface area (Å²) >= 11 is 0. The van der Waals surface area contributed by atoms with Crippen molar-refractivity contribution in [3.63, 3.8) is 0 Å². The first kappa shape index (κ1) is 12.9. The van der Waals surface area contributed by atoms with E-state index in [-0.39, 0.29) is 5.91 Å².